The van der Waals surface area contributed by atoms with Crippen molar-refractivity contribution in [3.63, 3.8) is 0 Å². The maximum atomic E-state index is 11.1. The van der Waals surface area contributed by atoms with Gasteiger partial charge < -0.3 is 15.4 Å². The van der Waals surface area contributed by atoms with E-state index < -0.39 is 0 Å². The summed E-state index contributed by atoms with van der Waals surface area (Å²) in [7, 11) is 1.58. The second-order valence-corrected chi connectivity index (χ2v) is 4.44. The molecule has 0 heterocycles. The normalized spacial score (nSPS) is 9.90. The molecule has 0 spiro atoms. The molecule has 2 N–H and O–H groups in total. The van der Waals surface area contributed by atoms with E-state index in [9.17, 15) is 4.79 Å². The van der Waals surface area contributed by atoms with E-state index in [1.54, 1.807) is 7.11 Å². The number of carbonyl (C=O) groups excluding carboxylic acids is 1. The van der Waals surface area contributed by atoms with E-state index in [0.29, 0.717) is 11.4 Å². The summed E-state index contributed by atoms with van der Waals surface area (Å²) >= 11 is 0. The third-order valence-electron chi connectivity index (χ3n) is 2.85. The van der Waals surface area contributed by atoms with Crippen molar-refractivity contribution in [2.24, 2.45) is 0 Å². The van der Waals surface area contributed by atoms with Crippen LogP contribution >= 0.6 is 0 Å². The van der Waals surface area contributed by atoms with Gasteiger partial charge in [-0.3, -0.25) is 4.79 Å². The van der Waals surface area contributed by atoms with Gasteiger partial charge in [-0.05, 0) is 17.7 Å². The lowest BCUT2D eigenvalue weighted by Gasteiger charge is -2.12. The van der Waals surface area contributed by atoms with Crippen LogP contribution in [0, 0.1) is 0 Å². The SMILES string of the molecule is COc1cc(NCc2ccccc2)ccc1NC(C)=O. The minimum absolute atomic E-state index is 0.117. The Morgan fingerprint density at radius 1 is 1.15 bits per heavy atom. The summed E-state index contributed by atoms with van der Waals surface area (Å²) < 4.78 is 5.28. The summed E-state index contributed by atoms with van der Waals surface area (Å²) in [5.41, 5.74) is 2.82. The van der Waals surface area contributed by atoms with Gasteiger partial charge >= 0.3 is 0 Å². The monoisotopic (exact) mass is 270 g/mol. The number of amides is 1. The highest BCUT2D eigenvalue weighted by atomic mass is 16.5. The second-order valence-electron chi connectivity index (χ2n) is 4.44. The fourth-order valence-corrected chi connectivity index (χ4v) is 1.89. The Kier molecular flexibility index (Phi) is 4.60. The summed E-state index contributed by atoms with van der Waals surface area (Å²) in [6.07, 6.45) is 0. The summed E-state index contributed by atoms with van der Waals surface area (Å²) in [6, 6.07) is 15.8. The molecule has 0 saturated carbocycles. The molecule has 20 heavy (non-hydrogen) atoms. The predicted molar refractivity (Wildman–Crippen MR) is 81.1 cm³/mol. The molecule has 0 saturated heterocycles. The average molecular weight is 270 g/mol. The van der Waals surface area contributed by atoms with Crippen LogP contribution < -0.4 is 15.4 Å². The van der Waals surface area contributed by atoms with Crippen molar-refractivity contribution in [3.8, 4) is 5.75 Å². The van der Waals surface area contributed by atoms with Crippen LogP contribution in [0.5, 0.6) is 5.75 Å². The van der Waals surface area contributed by atoms with Crippen LogP contribution in [0.3, 0.4) is 0 Å². The lowest BCUT2D eigenvalue weighted by atomic mass is 10.2. The number of benzene rings is 2. The van der Waals surface area contributed by atoms with Gasteiger partial charge in [0.2, 0.25) is 5.91 Å². The van der Waals surface area contributed by atoms with E-state index in [1.807, 2.05) is 36.4 Å². The molecule has 0 atom stereocenters. The molecule has 0 aliphatic carbocycles. The van der Waals surface area contributed by atoms with Gasteiger partial charge in [0.15, 0.2) is 0 Å². The van der Waals surface area contributed by atoms with Crippen LogP contribution in [0.2, 0.25) is 0 Å². The van der Waals surface area contributed by atoms with Crippen LogP contribution in [-0.4, -0.2) is 13.0 Å². The van der Waals surface area contributed by atoms with Gasteiger partial charge in [0.1, 0.15) is 5.75 Å². The topological polar surface area (TPSA) is 50.4 Å². The Morgan fingerprint density at radius 2 is 1.90 bits per heavy atom. The van der Waals surface area contributed by atoms with Gasteiger partial charge in [0.25, 0.3) is 0 Å². The molecule has 0 radical (unpaired) electrons. The third kappa shape index (κ3) is 3.75. The fourth-order valence-electron chi connectivity index (χ4n) is 1.89. The summed E-state index contributed by atoms with van der Waals surface area (Å²) in [5.74, 6) is 0.520. The number of nitrogens with one attached hydrogen (secondary N) is 2. The van der Waals surface area contributed by atoms with Crippen molar-refractivity contribution in [2.45, 2.75) is 13.5 Å². The molecular weight excluding hydrogens is 252 g/mol. The van der Waals surface area contributed by atoms with E-state index in [4.69, 9.17) is 4.74 Å². The fraction of sp³-hybridized carbons (Fsp3) is 0.188. The molecule has 0 unspecified atom stereocenters. The molecule has 4 nitrogen and oxygen atoms in total. The van der Waals surface area contributed by atoms with E-state index >= 15 is 0 Å². The molecule has 2 aromatic carbocycles. The molecule has 104 valence electrons. The molecular formula is C16H18N2O2. The molecule has 0 aliphatic heterocycles. The summed E-state index contributed by atoms with van der Waals surface area (Å²) in [5, 5.41) is 6.06. The Morgan fingerprint density at radius 3 is 2.55 bits per heavy atom. The zero-order valence-corrected chi connectivity index (χ0v) is 11.6. The van der Waals surface area contributed by atoms with Crippen LogP contribution in [0.15, 0.2) is 48.5 Å². The van der Waals surface area contributed by atoms with Crippen molar-refractivity contribution >= 4 is 17.3 Å². The number of hydrogen-bond acceptors (Lipinski definition) is 3. The number of rotatable bonds is 5. The highest BCUT2D eigenvalue weighted by molar-refractivity contribution is 5.90. The highest BCUT2D eigenvalue weighted by Crippen LogP contribution is 2.28. The Labute approximate surface area is 118 Å². The Hall–Kier alpha value is -2.49. The molecule has 1 amide bonds. The van der Waals surface area contributed by atoms with Crippen LogP contribution in [-0.2, 0) is 11.3 Å². The zero-order valence-electron chi connectivity index (χ0n) is 11.6. The van der Waals surface area contributed by atoms with E-state index in [-0.39, 0.29) is 5.91 Å². The number of hydrogen-bond donors (Lipinski definition) is 2. The van der Waals surface area contributed by atoms with Crippen molar-refractivity contribution in [1.29, 1.82) is 0 Å². The smallest absolute Gasteiger partial charge is 0.221 e. The molecule has 0 aromatic heterocycles. The van der Waals surface area contributed by atoms with Gasteiger partial charge in [0.05, 0.1) is 12.8 Å². The molecule has 2 aromatic rings. The first kappa shape index (κ1) is 13.9. The largest absolute Gasteiger partial charge is 0.494 e. The number of carbonyl (C=O) groups is 1. The average Bonchev–Trinajstić information content (AvgIpc) is 2.46. The second kappa shape index (κ2) is 6.61. The van der Waals surface area contributed by atoms with E-state index in [2.05, 4.69) is 22.8 Å². The van der Waals surface area contributed by atoms with Crippen LogP contribution in [0.4, 0.5) is 11.4 Å². The maximum Gasteiger partial charge on any atom is 0.221 e. The zero-order chi connectivity index (χ0) is 14.4. The first-order valence-electron chi connectivity index (χ1n) is 6.42. The number of ether oxygens (including phenoxy) is 1. The maximum absolute atomic E-state index is 11.1. The molecule has 0 aliphatic rings. The Balaban J connectivity index is 2.07. The number of anilines is 2. The van der Waals surface area contributed by atoms with Crippen molar-refractivity contribution in [1.82, 2.24) is 0 Å². The van der Waals surface area contributed by atoms with Gasteiger partial charge in [-0.2, -0.15) is 0 Å². The minimum atomic E-state index is -0.117. The first-order valence-corrected chi connectivity index (χ1v) is 6.42. The predicted octanol–water partition coefficient (Wildman–Crippen LogP) is 3.27. The first-order chi connectivity index (χ1) is 9.69. The standard InChI is InChI=1S/C16H18N2O2/c1-12(19)18-15-9-8-14(10-16(15)20-2)17-11-13-6-4-3-5-7-13/h3-10,17H,11H2,1-2H3,(H,18,19). The lowest BCUT2D eigenvalue weighted by Crippen LogP contribution is -2.07. The third-order valence-corrected chi connectivity index (χ3v) is 2.85. The summed E-state index contributed by atoms with van der Waals surface area (Å²) in [4.78, 5) is 11.1. The molecule has 0 fully saturated rings. The Bertz CT molecular complexity index is 582. The van der Waals surface area contributed by atoms with Crippen molar-refractivity contribution in [3.05, 3.63) is 54.1 Å². The molecule has 2 rings (SSSR count). The van der Waals surface area contributed by atoms with Crippen LogP contribution in [0.25, 0.3) is 0 Å². The van der Waals surface area contributed by atoms with Crippen LogP contribution in [0.1, 0.15) is 12.5 Å². The number of methoxy groups -OCH3 is 1. The van der Waals surface area contributed by atoms with E-state index in [1.165, 1.54) is 12.5 Å². The minimum Gasteiger partial charge on any atom is -0.494 e. The highest BCUT2D eigenvalue weighted by Gasteiger charge is 2.05. The van der Waals surface area contributed by atoms with Gasteiger partial charge in [-0.15, -0.1) is 0 Å². The molecule has 4 heteroatoms. The lowest BCUT2D eigenvalue weighted by molar-refractivity contribution is -0.114. The summed E-state index contributed by atoms with van der Waals surface area (Å²) in [6.45, 7) is 2.21. The van der Waals surface area contributed by atoms with Crippen molar-refractivity contribution in [2.75, 3.05) is 17.7 Å². The van der Waals surface area contributed by atoms with E-state index in [0.717, 1.165) is 12.2 Å². The molecule has 0 bridgehead atoms. The van der Waals surface area contributed by atoms with Gasteiger partial charge in [0, 0.05) is 25.2 Å². The quantitative estimate of drug-likeness (QED) is 0.876. The van der Waals surface area contributed by atoms with Gasteiger partial charge in [-0.1, -0.05) is 30.3 Å². The van der Waals surface area contributed by atoms with Gasteiger partial charge in [-0.25, -0.2) is 0 Å². The van der Waals surface area contributed by atoms with Crippen molar-refractivity contribution < 1.29 is 9.53 Å².